The number of aryl methyl sites for hydroxylation is 1. The van der Waals surface area contributed by atoms with Gasteiger partial charge in [0.25, 0.3) is 0 Å². The lowest BCUT2D eigenvalue weighted by Crippen LogP contribution is -2.70. The largest absolute Gasteiger partial charge is 0.477 e. The number of amides is 1. The number of thioether (sulfide) groups is 2. The lowest BCUT2D eigenvalue weighted by molar-refractivity contribution is -0.149. The molecule has 1 saturated heterocycles. The van der Waals surface area contributed by atoms with E-state index in [4.69, 9.17) is 0 Å². The minimum Gasteiger partial charge on any atom is -0.477 e. The Morgan fingerprint density at radius 2 is 2.15 bits per heavy atom. The van der Waals surface area contributed by atoms with Crippen molar-refractivity contribution in [3.8, 4) is 0 Å². The van der Waals surface area contributed by atoms with Gasteiger partial charge < -0.3 is 9.94 Å². The van der Waals surface area contributed by atoms with Crippen molar-refractivity contribution in [1.29, 1.82) is 0 Å². The van der Waals surface area contributed by atoms with Crippen LogP contribution >= 0.6 is 39.5 Å². The summed E-state index contributed by atoms with van der Waals surface area (Å²) in [4.78, 5) is 69.0. The fourth-order valence-corrected chi connectivity index (χ4v) is 5.92. The van der Waals surface area contributed by atoms with Crippen LogP contribution in [0, 0.1) is 0 Å². The number of β-lactam (4-membered cyclic amide) rings is 1. The molecule has 2 aliphatic rings. The van der Waals surface area contributed by atoms with Crippen molar-refractivity contribution in [2.75, 3.05) is 30.5 Å². The van der Waals surface area contributed by atoms with Gasteiger partial charge in [-0.2, -0.15) is 4.98 Å². The van der Waals surface area contributed by atoms with Gasteiger partial charge in [-0.05, 0) is 5.57 Å². The number of carboxylic acid groups (broad SMARTS) is 1. The van der Waals surface area contributed by atoms with Gasteiger partial charge in [0.1, 0.15) is 29.9 Å². The number of hydrogen-bond donors (Lipinski definition) is 3. The SMILES string of the molecule is CO/N=C(/CN[C@@H]1C(=O)N2C(C(=O)O)=C(CSc3nc(=O)c(=O)[nH]n3C)CS[C@H]12)C(=O)CBr. The molecule has 3 N–H and O–H groups in total. The number of ketones is 1. The molecule has 0 bridgehead atoms. The first-order valence-corrected chi connectivity index (χ1v) is 12.5. The summed E-state index contributed by atoms with van der Waals surface area (Å²) in [5.74, 6) is -1.51. The first kappa shape index (κ1) is 25.2. The van der Waals surface area contributed by atoms with Gasteiger partial charge in [0.2, 0.25) is 5.91 Å². The van der Waals surface area contributed by atoms with E-state index in [-0.39, 0.29) is 40.0 Å². The van der Waals surface area contributed by atoms with Crippen LogP contribution in [0.5, 0.6) is 0 Å². The third-order valence-electron chi connectivity index (χ3n) is 4.71. The first-order valence-electron chi connectivity index (χ1n) is 9.32. The second-order valence-electron chi connectivity index (χ2n) is 6.79. The Morgan fingerprint density at radius 1 is 1.42 bits per heavy atom. The molecule has 1 amide bonds. The van der Waals surface area contributed by atoms with Crippen molar-refractivity contribution in [2.24, 2.45) is 12.2 Å². The zero-order valence-electron chi connectivity index (χ0n) is 17.4. The summed E-state index contributed by atoms with van der Waals surface area (Å²) < 4.78 is 1.27. The van der Waals surface area contributed by atoms with Gasteiger partial charge in [-0.15, -0.1) is 11.8 Å². The van der Waals surface area contributed by atoms with Gasteiger partial charge in [-0.25, -0.2) is 4.79 Å². The molecular weight excluding hydrogens is 544 g/mol. The minimum absolute atomic E-state index is 0.0136. The summed E-state index contributed by atoms with van der Waals surface area (Å²) >= 11 is 5.51. The topological polar surface area (TPSA) is 176 Å². The van der Waals surface area contributed by atoms with Crippen LogP contribution in [0.15, 0.2) is 31.2 Å². The first-order chi connectivity index (χ1) is 15.7. The Hall–Kier alpha value is -2.43. The van der Waals surface area contributed by atoms with E-state index in [0.29, 0.717) is 11.3 Å². The van der Waals surface area contributed by atoms with E-state index >= 15 is 0 Å². The molecule has 1 aromatic heterocycles. The fraction of sp³-hybridized carbons (Fsp3) is 0.471. The van der Waals surface area contributed by atoms with Crippen molar-refractivity contribution >= 4 is 62.8 Å². The number of Topliss-reactive ketones (excluding diaryl/α,β-unsaturated/α-hetero) is 1. The number of oxime groups is 1. The molecule has 0 aliphatic carbocycles. The normalized spacial score (nSPS) is 20.4. The average Bonchev–Trinajstić information content (AvgIpc) is 2.78. The Morgan fingerprint density at radius 3 is 2.79 bits per heavy atom. The highest BCUT2D eigenvalue weighted by Crippen LogP contribution is 2.41. The van der Waals surface area contributed by atoms with Crippen LogP contribution in [0.25, 0.3) is 0 Å². The molecule has 0 unspecified atom stereocenters. The summed E-state index contributed by atoms with van der Waals surface area (Å²) in [5, 5.41) is 18.5. The van der Waals surface area contributed by atoms with Crippen LogP contribution in [-0.4, -0.2) is 90.0 Å². The Kier molecular flexibility index (Phi) is 8.14. The molecule has 3 rings (SSSR count). The molecule has 0 radical (unpaired) electrons. The number of alkyl halides is 1. The van der Waals surface area contributed by atoms with Gasteiger partial charge in [0.15, 0.2) is 10.9 Å². The number of halogens is 1. The van der Waals surface area contributed by atoms with Gasteiger partial charge >= 0.3 is 17.1 Å². The number of hydrogen-bond acceptors (Lipinski definition) is 11. The summed E-state index contributed by atoms with van der Waals surface area (Å²) in [6, 6.07) is -0.689. The van der Waals surface area contributed by atoms with Gasteiger partial charge in [0.05, 0.1) is 5.33 Å². The lowest BCUT2D eigenvalue weighted by Gasteiger charge is -2.49. The standard InChI is InChI=1S/C17H19BrN6O7S2/c1-23-17(20-12(26)13(27)21-23)33-6-7-5-32-15-10(14(28)24(15)11(7)16(29)30)19-4-8(22-31-2)9(25)3-18/h10,15,19H,3-6H2,1-2H3,(H,21,27)(H,29,30)/b22-8-/t10-,15-/m1/s1. The molecule has 1 aromatic rings. The van der Waals surface area contributed by atoms with Gasteiger partial charge in [-0.3, -0.25) is 39.2 Å². The second-order valence-corrected chi connectivity index (χ2v) is 9.40. The van der Waals surface area contributed by atoms with Gasteiger partial charge in [-0.1, -0.05) is 32.8 Å². The molecule has 2 aliphatic heterocycles. The quantitative estimate of drug-likeness (QED) is 0.0774. The lowest BCUT2D eigenvalue weighted by atomic mass is 10.0. The number of nitrogens with zero attached hydrogens (tertiary/aromatic N) is 4. The number of carbonyl (C=O) groups excluding carboxylic acids is 2. The molecule has 0 spiro atoms. The molecule has 2 atom stereocenters. The van der Waals surface area contributed by atoms with Crippen LogP contribution < -0.4 is 16.4 Å². The van der Waals surface area contributed by atoms with Crippen molar-refractivity contribution in [2.45, 2.75) is 16.6 Å². The number of carboxylic acids is 1. The molecule has 1 fully saturated rings. The molecule has 3 heterocycles. The predicted octanol–water partition coefficient (Wildman–Crippen LogP) is -1.26. The summed E-state index contributed by atoms with van der Waals surface area (Å²) in [7, 11) is 2.81. The number of carbonyl (C=O) groups is 3. The van der Waals surface area contributed by atoms with Crippen LogP contribution in [-0.2, 0) is 26.3 Å². The molecule has 0 saturated carbocycles. The number of fused-ring (bicyclic) bond motifs is 1. The van der Waals surface area contributed by atoms with Crippen LogP contribution in [0.2, 0.25) is 0 Å². The Balaban J connectivity index is 1.74. The van der Waals surface area contributed by atoms with Crippen LogP contribution in [0.4, 0.5) is 0 Å². The highest BCUT2D eigenvalue weighted by atomic mass is 79.9. The van der Waals surface area contributed by atoms with E-state index in [1.807, 2.05) is 0 Å². The molecule has 13 nitrogen and oxygen atoms in total. The van der Waals surface area contributed by atoms with E-state index in [9.17, 15) is 29.1 Å². The Bertz CT molecular complexity index is 1160. The maximum absolute atomic E-state index is 12.8. The number of rotatable bonds is 10. The molecule has 16 heteroatoms. The molecule has 178 valence electrons. The zero-order valence-corrected chi connectivity index (χ0v) is 20.6. The molecule has 33 heavy (non-hydrogen) atoms. The van der Waals surface area contributed by atoms with E-state index in [1.165, 1.54) is 35.5 Å². The maximum Gasteiger partial charge on any atom is 0.352 e. The van der Waals surface area contributed by atoms with E-state index in [1.54, 1.807) is 0 Å². The van der Waals surface area contributed by atoms with Crippen LogP contribution in [0.3, 0.4) is 0 Å². The summed E-state index contributed by atoms with van der Waals surface area (Å²) in [6.07, 6.45) is 0. The smallest absolute Gasteiger partial charge is 0.352 e. The molecule has 0 aromatic carbocycles. The third kappa shape index (κ3) is 5.23. The van der Waals surface area contributed by atoms with E-state index in [0.717, 1.165) is 11.8 Å². The average molecular weight is 563 g/mol. The summed E-state index contributed by atoms with van der Waals surface area (Å²) in [6.45, 7) is -0.0136. The van der Waals surface area contributed by atoms with Crippen molar-refractivity contribution in [3.63, 3.8) is 0 Å². The number of aliphatic carboxylic acids is 1. The van der Waals surface area contributed by atoms with E-state index < -0.39 is 34.4 Å². The van der Waals surface area contributed by atoms with E-state index in [2.05, 4.69) is 41.3 Å². The summed E-state index contributed by atoms with van der Waals surface area (Å²) in [5.41, 5.74) is -1.33. The second kappa shape index (κ2) is 10.7. The number of aromatic nitrogens is 3. The fourth-order valence-electron chi connectivity index (χ4n) is 3.17. The highest BCUT2D eigenvalue weighted by Gasteiger charge is 2.53. The van der Waals surface area contributed by atoms with Crippen LogP contribution in [0.1, 0.15) is 0 Å². The van der Waals surface area contributed by atoms with Crippen molar-refractivity contribution in [1.82, 2.24) is 25.0 Å². The third-order valence-corrected chi connectivity index (χ3v) is 7.67. The number of aromatic amines is 1. The van der Waals surface area contributed by atoms with Crippen molar-refractivity contribution < 1.29 is 24.3 Å². The number of nitrogens with one attached hydrogen (secondary N) is 2. The monoisotopic (exact) mass is 562 g/mol. The Labute approximate surface area is 203 Å². The predicted molar refractivity (Wildman–Crippen MR) is 124 cm³/mol. The zero-order chi connectivity index (χ0) is 24.3. The van der Waals surface area contributed by atoms with Crippen molar-refractivity contribution in [3.05, 3.63) is 32.0 Å². The minimum atomic E-state index is -1.25. The van der Waals surface area contributed by atoms with Gasteiger partial charge in [0, 0.05) is 25.1 Å². The highest BCUT2D eigenvalue weighted by molar-refractivity contribution is 9.09. The maximum atomic E-state index is 12.8. The number of H-pyrrole nitrogens is 1. The molecular formula is C17H19BrN6O7S2.